The van der Waals surface area contributed by atoms with Gasteiger partial charge in [0.1, 0.15) is 11.9 Å². The third-order valence-corrected chi connectivity index (χ3v) is 7.90. The van der Waals surface area contributed by atoms with Crippen molar-refractivity contribution in [1.82, 2.24) is 4.98 Å². The number of esters is 1. The summed E-state index contributed by atoms with van der Waals surface area (Å²) in [5, 5.41) is 14.0. The molecule has 0 aliphatic carbocycles. The maximum atomic E-state index is 13.1. The van der Waals surface area contributed by atoms with Crippen molar-refractivity contribution in [2.24, 2.45) is 23.2 Å². The molecule has 0 aromatic carbocycles. The number of nitrogens with zero attached hydrogens (tertiary/aromatic N) is 1. The lowest BCUT2D eigenvalue weighted by Crippen LogP contribution is -2.45. The van der Waals surface area contributed by atoms with Gasteiger partial charge in [0, 0.05) is 18.2 Å². The molecule has 0 bridgehead atoms. The first kappa shape index (κ1) is 27.5. The number of ether oxygens (including phenoxy) is 1. The van der Waals surface area contributed by atoms with Crippen molar-refractivity contribution >= 4 is 29.2 Å². The zero-order valence-electron chi connectivity index (χ0n) is 21.3. The van der Waals surface area contributed by atoms with E-state index in [9.17, 15) is 14.7 Å². The number of carbonyl (C=O) groups is 2. The normalized spacial score (nSPS) is 31.8. The molecule has 5 unspecified atom stereocenters. The maximum absolute atomic E-state index is 13.1. The predicted molar refractivity (Wildman–Crippen MR) is 135 cm³/mol. The van der Waals surface area contributed by atoms with E-state index in [1.807, 2.05) is 25.3 Å². The minimum Gasteiger partial charge on any atom is -0.457 e. The molecule has 0 fully saturated rings. The van der Waals surface area contributed by atoms with E-state index in [1.54, 1.807) is 32.1 Å². The first-order valence-electron chi connectivity index (χ1n) is 12.1. The van der Waals surface area contributed by atoms with Gasteiger partial charge in [0.25, 0.3) is 0 Å². The number of thiazole rings is 1. The van der Waals surface area contributed by atoms with E-state index in [-0.39, 0.29) is 11.7 Å². The molecule has 2 rings (SSSR count). The van der Waals surface area contributed by atoms with E-state index < -0.39 is 29.5 Å². The fourth-order valence-electron chi connectivity index (χ4n) is 4.20. The molecule has 1 aliphatic heterocycles. The largest absolute Gasteiger partial charge is 0.457 e. The summed E-state index contributed by atoms with van der Waals surface area (Å²) in [6.07, 6.45) is 8.65. The zero-order chi connectivity index (χ0) is 24.8. The molecule has 6 heteroatoms. The zero-order valence-corrected chi connectivity index (χ0v) is 22.1. The Hall–Kier alpha value is -1.79. The van der Waals surface area contributed by atoms with Crippen LogP contribution in [0.4, 0.5) is 0 Å². The highest BCUT2D eigenvalue weighted by atomic mass is 32.1. The average molecular weight is 476 g/mol. The number of carbonyl (C=O) groups excluding carboxylic acids is 2. The Morgan fingerprint density at radius 2 is 1.91 bits per heavy atom. The third kappa shape index (κ3) is 7.61. The van der Waals surface area contributed by atoms with E-state index in [1.165, 1.54) is 0 Å². The first-order valence-corrected chi connectivity index (χ1v) is 13.0. The molecule has 0 spiro atoms. The van der Waals surface area contributed by atoms with Gasteiger partial charge in [-0.25, -0.2) is 4.98 Å². The molecule has 0 radical (unpaired) electrons. The van der Waals surface area contributed by atoms with E-state index in [2.05, 4.69) is 31.0 Å². The molecule has 0 saturated carbocycles. The highest BCUT2D eigenvalue weighted by molar-refractivity contribution is 7.09. The van der Waals surface area contributed by atoms with Gasteiger partial charge in [-0.15, -0.1) is 11.3 Å². The summed E-state index contributed by atoms with van der Waals surface area (Å²) < 4.78 is 5.89. The van der Waals surface area contributed by atoms with E-state index in [4.69, 9.17) is 4.74 Å². The van der Waals surface area contributed by atoms with Crippen LogP contribution in [0.3, 0.4) is 0 Å². The Kier molecular flexibility index (Phi) is 10.0. The van der Waals surface area contributed by atoms with Crippen LogP contribution in [-0.2, 0) is 14.3 Å². The van der Waals surface area contributed by atoms with Crippen molar-refractivity contribution in [3.63, 3.8) is 0 Å². The maximum Gasteiger partial charge on any atom is 0.311 e. The van der Waals surface area contributed by atoms with Crippen LogP contribution in [0.15, 0.2) is 23.1 Å². The number of Topliss-reactive ketones (excluding diaryl/α,β-unsaturated/α-hetero) is 1. The molecule has 1 N–H and O–H groups in total. The van der Waals surface area contributed by atoms with Gasteiger partial charge in [0.05, 0.1) is 28.1 Å². The van der Waals surface area contributed by atoms with Gasteiger partial charge < -0.3 is 9.84 Å². The van der Waals surface area contributed by atoms with Gasteiger partial charge in [-0.3, -0.25) is 9.59 Å². The second-order valence-corrected chi connectivity index (χ2v) is 11.3. The van der Waals surface area contributed by atoms with Crippen molar-refractivity contribution in [3.05, 3.63) is 33.8 Å². The van der Waals surface area contributed by atoms with Crippen LogP contribution in [0.25, 0.3) is 6.08 Å². The molecule has 1 aromatic rings. The predicted octanol–water partition coefficient (Wildman–Crippen LogP) is 6.15. The Labute approximate surface area is 203 Å². The monoisotopic (exact) mass is 475 g/mol. The number of hydrogen-bond donors (Lipinski definition) is 1. The number of allylic oxidation sites excluding steroid dienone is 1. The van der Waals surface area contributed by atoms with Crippen molar-refractivity contribution in [2.45, 2.75) is 92.8 Å². The molecule has 33 heavy (non-hydrogen) atoms. The molecular weight excluding hydrogens is 434 g/mol. The molecule has 0 amide bonds. The number of aliphatic hydroxyl groups is 1. The van der Waals surface area contributed by atoms with Crippen molar-refractivity contribution in [1.29, 1.82) is 0 Å². The third-order valence-electron chi connectivity index (χ3n) is 7.11. The fraction of sp³-hybridized carbons (Fsp3) is 0.667. The summed E-state index contributed by atoms with van der Waals surface area (Å²) >= 11 is 1.58. The topological polar surface area (TPSA) is 76.5 Å². The average Bonchev–Trinajstić information content (AvgIpc) is 3.17. The van der Waals surface area contributed by atoms with Gasteiger partial charge in [-0.1, -0.05) is 46.3 Å². The van der Waals surface area contributed by atoms with Crippen LogP contribution >= 0.6 is 11.3 Å². The van der Waals surface area contributed by atoms with Gasteiger partial charge >= 0.3 is 5.97 Å². The van der Waals surface area contributed by atoms with Crippen molar-refractivity contribution in [2.75, 3.05) is 0 Å². The van der Waals surface area contributed by atoms with Crippen LogP contribution in [0.1, 0.15) is 84.3 Å². The van der Waals surface area contributed by atoms with E-state index in [0.29, 0.717) is 18.8 Å². The van der Waals surface area contributed by atoms with Crippen molar-refractivity contribution < 1.29 is 19.4 Å². The lowest BCUT2D eigenvalue weighted by Gasteiger charge is -2.34. The molecule has 184 valence electrons. The number of cyclic esters (lactones) is 1. The van der Waals surface area contributed by atoms with Crippen LogP contribution in [0.2, 0.25) is 0 Å². The number of ketones is 1. The van der Waals surface area contributed by atoms with E-state index >= 15 is 0 Å². The Morgan fingerprint density at radius 3 is 2.55 bits per heavy atom. The number of aromatic nitrogens is 1. The summed E-state index contributed by atoms with van der Waals surface area (Å²) in [7, 11) is 0. The molecule has 5 nitrogen and oxygen atoms in total. The first-order chi connectivity index (χ1) is 15.4. The second kappa shape index (κ2) is 12.1. The summed E-state index contributed by atoms with van der Waals surface area (Å²) in [4.78, 5) is 30.6. The quantitative estimate of drug-likeness (QED) is 0.410. The molecule has 2 heterocycles. The van der Waals surface area contributed by atoms with Gasteiger partial charge in [0.15, 0.2) is 0 Å². The standard InChI is InChI=1S/C27H41NO4S/c1-17-12-10-8-9-11-13-23(19(3)14-22-16-33-21(5)28-22)32-26(31)20(4)25(30)27(6,7)24(29)15-18(17)2/h9,11,14,16-18,20,23,25,30H,8,10,12-13,15H2,1-7H3/b11-9+,19-14+. The van der Waals surface area contributed by atoms with Crippen LogP contribution in [0.5, 0.6) is 0 Å². The molecule has 5 atom stereocenters. The summed E-state index contributed by atoms with van der Waals surface area (Å²) in [6.45, 7) is 13.3. The Bertz CT molecular complexity index is 869. The van der Waals surface area contributed by atoms with Crippen LogP contribution in [0, 0.1) is 30.1 Å². The lowest BCUT2D eigenvalue weighted by atomic mass is 9.73. The highest BCUT2D eigenvalue weighted by Gasteiger charge is 2.42. The summed E-state index contributed by atoms with van der Waals surface area (Å²) in [6, 6.07) is 0. The summed E-state index contributed by atoms with van der Waals surface area (Å²) in [5.41, 5.74) is 0.728. The highest BCUT2D eigenvalue weighted by Crippen LogP contribution is 2.33. The Balaban J connectivity index is 2.30. The fourth-order valence-corrected chi connectivity index (χ4v) is 4.77. The SMILES string of the molecule is C/C(=C\c1csc(C)n1)C1C/C=C/CCCC(C)C(C)CC(=O)C(C)(C)C(O)C(C)C(=O)O1. The minimum atomic E-state index is -1.12. The smallest absolute Gasteiger partial charge is 0.311 e. The summed E-state index contributed by atoms with van der Waals surface area (Å²) in [5.74, 6) is -0.657. The van der Waals surface area contributed by atoms with Gasteiger partial charge in [-0.2, -0.15) is 0 Å². The van der Waals surface area contributed by atoms with Crippen LogP contribution in [-0.4, -0.2) is 34.1 Å². The minimum absolute atomic E-state index is 0.00693. The number of aliphatic hydroxyl groups excluding tert-OH is 1. The molecule has 1 aliphatic rings. The van der Waals surface area contributed by atoms with E-state index in [0.717, 1.165) is 35.5 Å². The number of aryl methyl sites for hydroxylation is 1. The molecule has 1 aromatic heterocycles. The van der Waals surface area contributed by atoms with Gasteiger partial charge in [-0.05, 0) is 57.1 Å². The number of rotatable bonds is 2. The molecule has 0 saturated heterocycles. The lowest BCUT2D eigenvalue weighted by molar-refractivity contribution is -0.160. The van der Waals surface area contributed by atoms with Crippen LogP contribution < -0.4 is 0 Å². The second-order valence-electron chi connectivity index (χ2n) is 10.3. The van der Waals surface area contributed by atoms with Gasteiger partial charge in [0.2, 0.25) is 0 Å². The molecular formula is C27H41NO4S. The number of hydrogen-bond acceptors (Lipinski definition) is 6. The van der Waals surface area contributed by atoms with Crippen molar-refractivity contribution in [3.8, 4) is 0 Å². The Morgan fingerprint density at radius 1 is 1.21 bits per heavy atom.